The maximum atomic E-state index is 12.4. The Morgan fingerprint density at radius 2 is 1.72 bits per heavy atom. The third-order valence-electron chi connectivity index (χ3n) is 5.43. The number of aryl methyl sites for hydroxylation is 1. The lowest BCUT2D eigenvalue weighted by Gasteiger charge is -2.29. The molecule has 2 aliphatic rings. The van der Waals surface area contributed by atoms with E-state index in [1.807, 2.05) is 19.9 Å². The standard InChI is InChI=1S/C22H25N3O3S/c1-4-24-21(26)20(29-22(24)27)14-17-13-15(2)25(16(17)3)19-7-5-18(6-8-19)23-9-11-28-12-10-23/h5-8,13-14H,4,9-12H2,1-3H3/b20-14-. The third-order valence-corrected chi connectivity index (χ3v) is 6.34. The lowest BCUT2D eigenvalue weighted by Crippen LogP contribution is -2.36. The van der Waals surface area contributed by atoms with E-state index in [1.165, 1.54) is 10.6 Å². The Morgan fingerprint density at radius 3 is 2.34 bits per heavy atom. The van der Waals surface area contributed by atoms with Crippen LogP contribution in [0.4, 0.5) is 10.5 Å². The molecule has 0 unspecified atom stereocenters. The lowest BCUT2D eigenvalue weighted by atomic mass is 10.2. The molecule has 4 rings (SSSR count). The molecule has 0 atom stereocenters. The largest absolute Gasteiger partial charge is 0.378 e. The second-order valence-corrected chi connectivity index (χ2v) is 8.20. The highest BCUT2D eigenvalue weighted by atomic mass is 32.2. The van der Waals surface area contributed by atoms with Crippen molar-refractivity contribution in [2.75, 3.05) is 37.7 Å². The minimum absolute atomic E-state index is 0.198. The first-order valence-corrected chi connectivity index (χ1v) is 10.7. The fraction of sp³-hybridized carbons (Fsp3) is 0.364. The van der Waals surface area contributed by atoms with Gasteiger partial charge in [0.2, 0.25) is 0 Å². The lowest BCUT2D eigenvalue weighted by molar-refractivity contribution is -0.122. The van der Waals surface area contributed by atoms with Crippen LogP contribution < -0.4 is 4.90 Å². The Hall–Kier alpha value is -2.51. The number of amides is 2. The van der Waals surface area contributed by atoms with Crippen LogP contribution in [0.5, 0.6) is 0 Å². The van der Waals surface area contributed by atoms with Crippen LogP contribution in [-0.2, 0) is 9.53 Å². The molecular formula is C22H25N3O3S. The van der Waals surface area contributed by atoms with Gasteiger partial charge in [-0.1, -0.05) is 0 Å². The number of thioether (sulfide) groups is 1. The molecule has 2 fully saturated rings. The van der Waals surface area contributed by atoms with E-state index in [4.69, 9.17) is 4.74 Å². The topological polar surface area (TPSA) is 54.8 Å². The van der Waals surface area contributed by atoms with E-state index >= 15 is 0 Å². The maximum absolute atomic E-state index is 12.4. The molecule has 29 heavy (non-hydrogen) atoms. The number of aromatic nitrogens is 1. The molecule has 1 aromatic carbocycles. The van der Waals surface area contributed by atoms with Crippen molar-refractivity contribution in [3.63, 3.8) is 0 Å². The second-order valence-electron chi connectivity index (χ2n) is 7.20. The molecule has 6 nitrogen and oxygen atoms in total. The number of hydrogen-bond donors (Lipinski definition) is 0. The van der Waals surface area contributed by atoms with Gasteiger partial charge in [0.1, 0.15) is 0 Å². The van der Waals surface area contributed by atoms with Crippen LogP contribution in [0.3, 0.4) is 0 Å². The van der Waals surface area contributed by atoms with Gasteiger partial charge in [-0.25, -0.2) is 0 Å². The van der Waals surface area contributed by atoms with E-state index in [1.54, 1.807) is 0 Å². The van der Waals surface area contributed by atoms with Crippen LogP contribution in [-0.4, -0.2) is 53.5 Å². The average molecular weight is 412 g/mol. The predicted molar refractivity (Wildman–Crippen MR) is 117 cm³/mol. The molecule has 2 saturated heterocycles. The van der Waals surface area contributed by atoms with Gasteiger partial charge in [-0.15, -0.1) is 0 Å². The third kappa shape index (κ3) is 3.72. The summed E-state index contributed by atoms with van der Waals surface area (Å²) in [4.78, 5) is 28.5. The summed E-state index contributed by atoms with van der Waals surface area (Å²) >= 11 is 1.01. The fourth-order valence-electron chi connectivity index (χ4n) is 3.88. The molecule has 2 amide bonds. The molecular weight excluding hydrogens is 386 g/mol. The first-order valence-electron chi connectivity index (χ1n) is 9.87. The highest BCUT2D eigenvalue weighted by Crippen LogP contribution is 2.33. The number of nitrogens with zero attached hydrogens (tertiary/aromatic N) is 3. The molecule has 0 saturated carbocycles. The zero-order chi connectivity index (χ0) is 20.5. The maximum Gasteiger partial charge on any atom is 0.293 e. The Morgan fingerprint density at radius 1 is 1.07 bits per heavy atom. The molecule has 152 valence electrons. The summed E-state index contributed by atoms with van der Waals surface area (Å²) in [7, 11) is 0. The quantitative estimate of drug-likeness (QED) is 0.712. The molecule has 0 bridgehead atoms. The van der Waals surface area contributed by atoms with Crippen molar-refractivity contribution in [3.8, 4) is 5.69 Å². The second kappa shape index (κ2) is 8.08. The van der Waals surface area contributed by atoms with E-state index in [9.17, 15) is 9.59 Å². The smallest absolute Gasteiger partial charge is 0.293 e. The molecule has 0 radical (unpaired) electrons. The monoisotopic (exact) mass is 411 g/mol. The zero-order valence-corrected chi connectivity index (χ0v) is 17.8. The highest BCUT2D eigenvalue weighted by Gasteiger charge is 2.33. The van der Waals surface area contributed by atoms with Crippen molar-refractivity contribution in [3.05, 3.63) is 52.2 Å². The minimum Gasteiger partial charge on any atom is -0.378 e. The van der Waals surface area contributed by atoms with E-state index in [-0.39, 0.29) is 11.1 Å². The SMILES string of the molecule is CCN1C(=O)S/C(=C\c2cc(C)n(-c3ccc(N4CCOCC4)cc3)c2C)C1=O. The summed E-state index contributed by atoms with van der Waals surface area (Å²) in [6, 6.07) is 10.6. The van der Waals surface area contributed by atoms with Gasteiger partial charge in [-0.05, 0) is 74.5 Å². The minimum atomic E-state index is -0.206. The Kier molecular flexibility index (Phi) is 5.52. The van der Waals surface area contributed by atoms with Crippen molar-refractivity contribution in [2.45, 2.75) is 20.8 Å². The summed E-state index contributed by atoms with van der Waals surface area (Å²) in [5, 5.41) is -0.198. The van der Waals surface area contributed by atoms with Crippen LogP contribution in [0.1, 0.15) is 23.9 Å². The number of carbonyl (C=O) groups is 2. The number of ether oxygens (including phenoxy) is 1. The molecule has 0 spiro atoms. The van der Waals surface area contributed by atoms with Crippen LogP contribution in [0, 0.1) is 13.8 Å². The van der Waals surface area contributed by atoms with Crippen LogP contribution >= 0.6 is 11.8 Å². The summed E-state index contributed by atoms with van der Waals surface area (Å²) in [6.45, 7) is 9.67. The Balaban J connectivity index is 1.62. The van der Waals surface area contributed by atoms with E-state index in [0.717, 1.165) is 60.7 Å². The van der Waals surface area contributed by atoms with Gasteiger partial charge >= 0.3 is 0 Å². The molecule has 3 heterocycles. The Labute approximate surface area is 175 Å². The van der Waals surface area contributed by atoms with E-state index in [2.05, 4.69) is 46.7 Å². The summed E-state index contributed by atoms with van der Waals surface area (Å²) in [5.41, 5.74) is 5.38. The van der Waals surface area contributed by atoms with Gasteiger partial charge < -0.3 is 14.2 Å². The van der Waals surface area contributed by atoms with Crippen LogP contribution in [0.2, 0.25) is 0 Å². The van der Waals surface area contributed by atoms with Crippen LogP contribution in [0.25, 0.3) is 11.8 Å². The number of morpholine rings is 1. The molecule has 0 N–H and O–H groups in total. The number of likely N-dealkylation sites (N-methyl/N-ethyl adjacent to an activating group) is 1. The predicted octanol–water partition coefficient (Wildman–Crippen LogP) is 3.99. The van der Waals surface area contributed by atoms with Crippen molar-refractivity contribution >= 4 is 34.7 Å². The Bertz CT molecular complexity index is 972. The molecule has 1 aromatic heterocycles. The number of benzene rings is 1. The summed E-state index contributed by atoms with van der Waals surface area (Å²) in [5.74, 6) is -0.206. The first kappa shape index (κ1) is 19.8. The zero-order valence-electron chi connectivity index (χ0n) is 17.0. The fourth-order valence-corrected chi connectivity index (χ4v) is 4.77. The average Bonchev–Trinajstić information content (AvgIpc) is 3.17. The first-order chi connectivity index (χ1) is 14.0. The molecule has 0 aliphatic carbocycles. The summed E-state index contributed by atoms with van der Waals surface area (Å²) < 4.78 is 7.61. The molecule has 7 heteroatoms. The van der Waals surface area contributed by atoms with Gasteiger partial charge in [0.15, 0.2) is 0 Å². The van der Waals surface area contributed by atoms with Crippen LogP contribution in [0.15, 0.2) is 35.2 Å². The van der Waals surface area contributed by atoms with Gasteiger partial charge in [0.25, 0.3) is 11.1 Å². The number of anilines is 1. The van der Waals surface area contributed by atoms with Crippen molar-refractivity contribution < 1.29 is 14.3 Å². The van der Waals surface area contributed by atoms with Crippen molar-refractivity contribution in [1.82, 2.24) is 9.47 Å². The van der Waals surface area contributed by atoms with E-state index in [0.29, 0.717) is 11.4 Å². The van der Waals surface area contributed by atoms with E-state index < -0.39 is 0 Å². The molecule has 2 aromatic rings. The molecule has 2 aliphatic heterocycles. The normalized spacial score (nSPS) is 18.9. The van der Waals surface area contributed by atoms with Gasteiger partial charge in [-0.2, -0.15) is 0 Å². The number of rotatable bonds is 4. The highest BCUT2D eigenvalue weighted by molar-refractivity contribution is 8.18. The number of hydrogen-bond acceptors (Lipinski definition) is 5. The number of imide groups is 1. The van der Waals surface area contributed by atoms with Gasteiger partial charge in [0, 0.05) is 42.4 Å². The van der Waals surface area contributed by atoms with Crippen molar-refractivity contribution in [2.24, 2.45) is 0 Å². The summed E-state index contributed by atoms with van der Waals surface area (Å²) in [6.07, 6.45) is 1.83. The van der Waals surface area contributed by atoms with Gasteiger partial charge in [-0.3, -0.25) is 14.5 Å². The number of carbonyl (C=O) groups excluding carboxylic acids is 2. The van der Waals surface area contributed by atoms with Gasteiger partial charge in [0.05, 0.1) is 18.1 Å². The van der Waals surface area contributed by atoms with Crippen molar-refractivity contribution in [1.29, 1.82) is 0 Å².